The Kier molecular flexibility index (Phi) is 4.81. The van der Waals surface area contributed by atoms with Crippen LogP contribution in [0, 0.1) is 0 Å². The molecule has 1 atom stereocenters. The van der Waals surface area contributed by atoms with Gasteiger partial charge in [0.2, 0.25) is 0 Å². The summed E-state index contributed by atoms with van der Waals surface area (Å²) in [5, 5.41) is -0.545. The molecular weight excluding hydrogens is 336 g/mol. The molecule has 2 aromatic carbocycles. The molecule has 0 bridgehead atoms. The molecule has 0 unspecified atom stereocenters. The zero-order valence-electron chi connectivity index (χ0n) is 14.4. The summed E-state index contributed by atoms with van der Waals surface area (Å²) in [5.41, 5.74) is 1.53. The lowest BCUT2D eigenvalue weighted by Gasteiger charge is -2.18. The van der Waals surface area contributed by atoms with Gasteiger partial charge in [0.25, 0.3) is 5.91 Å². The molecule has 1 fully saturated rings. The van der Waals surface area contributed by atoms with Gasteiger partial charge in [0.05, 0.1) is 10.1 Å². The minimum atomic E-state index is -3.41. The molecule has 132 valence electrons. The molecule has 5 nitrogen and oxygen atoms in total. The van der Waals surface area contributed by atoms with Crippen molar-refractivity contribution in [3.63, 3.8) is 0 Å². The lowest BCUT2D eigenvalue weighted by atomic mass is 10.1. The SMILES string of the molecule is CN(C)c1cccc(C(=O)N2CC[C@@H](S(=O)(=O)c3ccccc3)C2)c1. The van der Waals surface area contributed by atoms with Gasteiger partial charge in [0.1, 0.15) is 0 Å². The van der Waals surface area contributed by atoms with E-state index in [1.807, 2.05) is 37.2 Å². The first kappa shape index (κ1) is 17.5. The molecule has 1 saturated heterocycles. The molecule has 3 rings (SSSR count). The minimum Gasteiger partial charge on any atom is -0.378 e. The highest BCUT2D eigenvalue weighted by Gasteiger charge is 2.36. The van der Waals surface area contributed by atoms with Crippen LogP contribution in [0.5, 0.6) is 0 Å². The number of hydrogen-bond acceptors (Lipinski definition) is 4. The number of amides is 1. The summed E-state index contributed by atoms with van der Waals surface area (Å²) < 4.78 is 25.5. The third kappa shape index (κ3) is 3.54. The molecule has 0 aromatic heterocycles. The van der Waals surface area contributed by atoms with Gasteiger partial charge in [-0.1, -0.05) is 24.3 Å². The molecule has 25 heavy (non-hydrogen) atoms. The quantitative estimate of drug-likeness (QED) is 0.842. The smallest absolute Gasteiger partial charge is 0.253 e. The third-order valence-electron chi connectivity index (χ3n) is 4.55. The molecule has 0 saturated carbocycles. The topological polar surface area (TPSA) is 57.7 Å². The van der Waals surface area contributed by atoms with E-state index in [1.54, 1.807) is 41.3 Å². The summed E-state index contributed by atoms with van der Waals surface area (Å²) >= 11 is 0. The summed E-state index contributed by atoms with van der Waals surface area (Å²) in [7, 11) is 0.426. The van der Waals surface area contributed by atoms with E-state index in [0.29, 0.717) is 23.4 Å². The molecule has 0 N–H and O–H groups in total. The van der Waals surface area contributed by atoms with Crippen LogP contribution in [0.1, 0.15) is 16.8 Å². The van der Waals surface area contributed by atoms with Crippen LogP contribution < -0.4 is 4.90 Å². The lowest BCUT2D eigenvalue weighted by Crippen LogP contribution is -2.32. The van der Waals surface area contributed by atoms with Crippen molar-refractivity contribution in [2.45, 2.75) is 16.6 Å². The summed E-state index contributed by atoms with van der Waals surface area (Å²) in [4.78, 5) is 16.6. The second-order valence-corrected chi connectivity index (χ2v) is 8.69. The Morgan fingerprint density at radius 2 is 1.80 bits per heavy atom. The van der Waals surface area contributed by atoms with Crippen molar-refractivity contribution < 1.29 is 13.2 Å². The van der Waals surface area contributed by atoms with Crippen molar-refractivity contribution in [1.82, 2.24) is 4.90 Å². The third-order valence-corrected chi connectivity index (χ3v) is 6.74. The van der Waals surface area contributed by atoms with Crippen LogP contribution in [0.15, 0.2) is 59.5 Å². The Bertz CT molecular complexity index is 863. The van der Waals surface area contributed by atoms with Crippen molar-refractivity contribution in [2.75, 3.05) is 32.1 Å². The Morgan fingerprint density at radius 1 is 1.08 bits per heavy atom. The number of rotatable bonds is 4. The maximum Gasteiger partial charge on any atom is 0.253 e. The molecule has 0 spiro atoms. The lowest BCUT2D eigenvalue weighted by molar-refractivity contribution is 0.0793. The van der Waals surface area contributed by atoms with E-state index >= 15 is 0 Å². The van der Waals surface area contributed by atoms with E-state index in [4.69, 9.17) is 0 Å². The van der Waals surface area contributed by atoms with Gasteiger partial charge in [-0.2, -0.15) is 0 Å². The Balaban J connectivity index is 1.77. The van der Waals surface area contributed by atoms with Gasteiger partial charge in [-0.05, 0) is 36.8 Å². The number of likely N-dealkylation sites (tertiary alicyclic amines) is 1. The minimum absolute atomic E-state index is 0.116. The molecule has 0 radical (unpaired) electrons. The molecule has 1 amide bonds. The average Bonchev–Trinajstić information content (AvgIpc) is 3.13. The molecule has 0 aliphatic carbocycles. The zero-order valence-corrected chi connectivity index (χ0v) is 15.2. The number of carbonyl (C=O) groups is 1. The Hall–Kier alpha value is -2.34. The van der Waals surface area contributed by atoms with Crippen LogP contribution in [-0.4, -0.2) is 51.7 Å². The highest BCUT2D eigenvalue weighted by atomic mass is 32.2. The first-order valence-electron chi connectivity index (χ1n) is 8.25. The van der Waals surface area contributed by atoms with Crippen LogP contribution in [-0.2, 0) is 9.84 Å². The van der Waals surface area contributed by atoms with Crippen LogP contribution >= 0.6 is 0 Å². The molecule has 2 aromatic rings. The summed E-state index contributed by atoms with van der Waals surface area (Å²) in [5.74, 6) is -0.116. The maximum atomic E-state index is 12.7. The first-order chi connectivity index (χ1) is 11.9. The van der Waals surface area contributed by atoms with Gasteiger partial charge in [-0.3, -0.25) is 4.79 Å². The van der Waals surface area contributed by atoms with Crippen molar-refractivity contribution >= 4 is 21.4 Å². The number of sulfone groups is 1. The van der Waals surface area contributed by atoms with E-state index in [1.165, 1.54) is 0 Å². The predicted molar refractivity (Wildman–Crippen MR) is 98.7 cm³/mol. The van der Waals surface area contributed by atoms with Gasteiger partial charge < -0.3 is 9.80 Å². The Morgan fingerprint density at radius 3 is 2.48 bits per heavy atom. The number of anilines is 1. The monoisotopic (exact) mass is 358 g/mol. The van der Waals surface area contributed by atoms with Gasteiger partial charge >= 0.3 is 0 Å². The van der Waals surface area contributed by atoms with E-state index in [2.05, 4.69) is 0 Å². The highest BCUT2D eigenvalue weighted by Crippen LogP contribution is 2.25. The van der Waals surface area contributed by atoms with Crippen LogP contribution in [0.4, 0.5) is 5.69 Å². The van der Waals surface area contributed by atoms with Crippen LogP contribution in [0.3, 0.4) is 0 Å². The maximum absolute atomic E-state index is 12.7. The second kappa shape index (κ2) is 6.88. The average molecular weight is 358 g/mol. The van der Waals surface area contributed by atoms with E-state index in [-0.39, 0.29) is 12.5 Å². The largest absolute Gasteiger partial charge is 0.378 e. The molecular formula is C19H22N2O3S. The van der Waals surface area contributed by atoms with Crippen LogP contribution in [0.25, 0.3) is 0 Å². The van der Waals surface area contributed by atoms with E-state index in [9.17, 15) is 13.2 Å². The van der Waals surface area contributed by atoms with Gasteiger partial charge in [0, 0.05) is 38.4 Å². The van der Waals surface area contributed by atoms with Crippen molar-refractivity contribution in [2.24, 2.45) is 0 Å². The summed E-state index contributed by atoms with van der Waals surface area (Å²) in [6, 6.07) is 15.8. The van der Waals surface area contributed by atoms with E-state index < -0.39 is 15.1 Å². The Labute approximate surface area is 148 Å². The fraction of sp³-hybridized carbons (Fsp3) is 0.316. The number of nitrogens with zero attached hydrogens (tertiary/aromatic N) is 2. The fourth-order valence-corrected chi connectivity index (χ4v) is 4.78. The normalized spacial score (nSPS) is 17.5. The molecule has 1 aliphatic rings. The first-order valence-corrected chi connectivity index (χ1v) is 9.80. The fourth-order valence-electron chi connectivity index (χ4n) is 3.07. The van der Waals surface area contributed by atoms with Gasteiger partial charge in [-0.25, -0.2) is 8.42 Å². The standard InChI is InChI=1S/C19H22N2O3S/c1-20(2)16-8-6-7-15(13-16)19(22)21-12-11-18(14-21)25(23,24)17-9-4-3-5-10-17/h3-10,13,18H,11-12,14H2,1-2H3/t18-/m1/s1. The van der Waals surface area contributed by atoms with Crippen molar-refractivity contribution in [3.8, 4) is 0 Å². The van der Waals surface area contributed by atoms with E-state index in [0.717, 1.165) is 5.69 Å². The predicted octanol–water partition coefficient (Wildman–Crippen LogP) is 2.44. The highest BCUT2D eigenvalue weighted by molar-refractivity contribution is 7.92. The zero-order chi connectivity index (χ0) is 18.0. The molecule has 1 aliphatic heterocycles. The summed E-state index contributed by atoms with van der Waals surface area (Å²) in [6.07, 6.45) is 0.469. The number of benzene rings is 2. The van der Waals surface area contributed by atoms with Crippen LogP contribution in [0.2, 0.25) is 0 Å². The van der Waals surface area contributed by atoms with Gasteiger partial charge in [-0.15, -0.1) is 0 Å². The second-order valence-electron chi connectivity index (χ2n) is 6.46. The molecule has 6 heteroatoms. The van der Waals surface area contributed by atoms with Crippen molar-refractivity contribution in [1.29, 1.82) is 0 Å². The van der Waals surface area contributed by atoms with Gasteiger partial charge in [0.15, 0.2) is 9.84 Å². The number of carbonyl (C=O) groups excluding carboxylic acids is 1. The molecule has 1 heterocycles. The number of hydrogen-bond donors (Lipinski definition) is 0. The summed E-state index contributed by atoms with van der Waals surface area (Å²) in [6.45, 7) is 0.698. The van der Waals surface area contributed by atoms with Crippen molar-refractivity contribution in [3.05, 3.63) is 60.2 Å².